The van der Waals surface area contributed by atoms with Crippen molar-refractivity contribution in [2.45, 2.75) is 39.9 Å². The third kappa shape index (κ3) is 63.7. The molecule has 0 aliphatic heterocycles. The van der Waals surface area contributed by atoms with E-state index in [-0.39, 0.29) is 28.8 Å². The molecule has 0 saturated carbocycles. The Balaban J connectivity index is -0.000000330. The van der Waals surface area contributed by atoms with Gasteiger partial charge in [0.1, 0.15) is 0 Å². The van der Waals surface area contributed by atoms with E-state index in [2.05, 4.69) is 0 Å². The standard InChI is InChI=1S/3C5H13NS2.C4H12N2S2/c3*1-2-4-7-8-5-3-6;5-1-3-7-8-4-2-6/h3*2-6H2,1H3;1-6H2/i2D2,3D2,4D2,5D2;2D2,3D,4D2,5D2;2D2,4D2,5D2;1D2,2D2. The van der Waals surface area contributed by atoms with Crippen LogP contribution in [0.4, 0.5) is 0 Å². The topological polar surface area (TPSA) is 130 Å². The average Bonchev–Trinajstić information content (AvgIpc) is 2.94. The molecule has 1 atom stereocenters. The van der Waals surface area contributed by atoms with Gasteiger partial charge in [0.05, 0.1) is 0 Å². The van der Waals surface area contributed by atoms with E-state index in [9.17, 15) is 0 Å². The highest BCUT2D eigenvalue weighted by atomic mass is 33.1. The highest BCUT2D eigenvalue weighted by Gasteiger charge is 1.86. The summed E-state index contributed by atoms with van der Waals surface area (Å²) in [6.07, 6.45) is -6.27. The Morgan fingerprint density at radius 2 is 0.844 bits per heavy atom. The molecule has 32 heavy (non-hydrogen) atoms. The van der Waals surface area contributed by atoms with Crippen molar-refractivity contribution in [3.8, 4) is 0 Å². The van der Waals surface area contributed by atoms with Crippen LogP contribution in [0.5, 0.6) is 0 Å². The Morgan fingerprint density at radius 3 is 1.16 bits per heavy atom. The first-order chi connectivity index (χ1) is 24.3. The molecule has 0 aromatic heterocycles. The van der Waals surface area contributed by atoms with Crippen molar-refractivity contribution in [1.29, 1.82) is 0 Å². The molecule has 13 heteroatoms. The summed E-state index contributed by atoms with van der Waals surface area (Å²) < 4.78 is 180. The molecule has 0 radical (unpaired) electrons. The Bertz CT molecular complexity index is 1080. The zero-order valence-electron chi connectivity index (χ0n) is 42.9. The smallest absolute Gasteiger partial charge is 0.0434 e. The number of hydrogen-bond acceptors (Lipinski definition) is 13. The summed E-state index contributed by atoms with van der Waals surface area (Å²) in [6.45, 7) is -4.50. The molecule has 0 rings (SSSR count). The van der Waals surface area contributed by atoms with Gasteiger partial charge in [-0.3, -0.25) is 0 Å². The van der Waals surface area contributed by atoms with Crippen LogP contribution in [0.1, 0.15) is 74.2 Å². The van der Waals surface area contributed by atoms with E-state index >= 15 is 0 Å². The molecular formula is C19H51N5S8. The minimum atomic E-state index is -2.62. The summed E-state index contributed by atoms with van der Waals surface area (Å²) >= 11 is 0. The summed E-state index contributed by atoms with van der Waals surface area (Å²) in [5.41, 5.74) is 12.2. The minimum absolute atomic E-state index is 0.133. The van der Waals surface area contributed by atoms with Gasteiger partial charge in [0.15, 0.2) is 0 Å². The van der Waals surface area contributed by atoms with Gasteiger partial charge in [-0.05, 0) is 19.1 Å². The van der Waals surface area contributed by atoms with Gasteiger partial charge in [-0.1, -0.05) is 107 Å². The van der Waals surface area contributed by atoms with Crippen molar-refractivity contribution in [3.05, 3.63) is 0 Å². The predicted octanol–water partition coefficient (Wildman–Crippen LogP) is 5.49. The van der Waals surface area contributed by atoms with Crippen molar-refractivity contribution in [1.82, 2.24) is 0 Å². The van der Waals surface area contributed by atoms with Crippen molar-refractivity contribution < 1.29 is 34.3 Å². The molecular weight excluding hydrogens is 555 g/mol. The van der Waals surface area contributed by atoms with Gasteiger partial charge in [0.2, 0.25) is 0 Å². The lowest BCUT2D eigenvalue weighted by Gasteiger charge is -1.93. The Hall–Kier alpha value is 2.60. The molecule has 1 unspecified atom stereocenters. The molecule has 10 N–H and O–H groups in total. The highest BCUT2D eigenvalue weighted by molar-refractivity contribution is 8.77. The van der Waals surface area contributed by atoms with Crippen LogP contribution >= 0.6 is 86.4 Å². The molecule has 0 aromatic rings. The number of hydrogen-bond donors (Lipinski definition) is 5. The normalized spacial score (nSPS) is 27.7. The van der Waals surface area contributed by atoms with Gasteiger partial charge in [0, 0.05) is 113 Å². The van der Waals surface area contributed by atoms with Gasteiger partial charge in [-0.2, -0.15) is 0 Å². The molecule has 0 aliphatic carbocycles. The second kappa shape index (κ2) is 50.5. The number of rotatable bonds is 20. The first-order valence-electron chi connectivity index (χ1n) is 20.5. The van der Waals surface area contributed by atoms with E-state index < -0.39 is 79.4 Å². The van der Waals surface area contributed by atoms with Crippen molar-refractivity contribution in [3.63, 3.8) is 0 Å². The fraction of sp³-hybridized carbons (Fsp3) is 1.00. The largest absolute Gasteiger partial charge is 0.330 e. The molecule has 0 spiro atoms. The quantitative estimate of drug-likeness (QED) is 0.0858. The lowest BCUT2D eigenvalue weighted by atomic mass is 10.6. The van der Waals surface area contributed by atoms with Gasteiger partial charge >= 0.3 is 0 Å². The van der Waals surface area contributed by atoms with Crippen LogP contribution in [-0.2, 0) is 0 Å². The van der Waals surface area contributed by atoms with Crippen LogP contribution in [0, 0.1) is 0 Å². The second-order valence-corrected chi connectivity index (χ2v) is 11.2. The van der Waals surface area contributed by atoms with E-state index in [0.717, 1.165) is 20.8 Å². The van der Waals surface area contributed by atoms with Crippen LogP contribution in [0.3, 0.4) is 0 Å². The third-order valence-corrected chi connectivity index (χ3v) is 7.45. The maximum absolute atomic E-state index is 7.37. The summed E-state index contributed by atoms with van der Waals surface area (Å²) in [6, 6.07) is 0. The predicted molar refractivity (Wildman–Crippen MR) is 176 cm³/mol. The van der Waals surface area contributed by atoms with Gasteiger partial charge in [-0.25, -0.2) is 0 Å². The maximum Gasteiger partial charge on any atom is 0.0434 e. The maximum atomic E-state index is 7.37. The van der Waals surface area contributed by atoms with Gasteiger partial charge in [-0.15, -0.1) is 0 Å². The third-order valence-electron chi connectivity index (χ3n) is 1.28. The molecule has 0 aliphatic rings. The summed E-state index contributed by atoms with van der Waals surface area (Å²) in [5.74, 6) is 0.265. The fourth-order valence-electron chi connectivity index (χ4n) is 0.499. The van der Waals surface area contributed by atoms with E-state index in [4.69, 9.17) is 62.9 Å². The van der Waals surface area contributed by atoms with E-state index in [1.54, 1.807) is 0 Å². The first kappa shape index (κ1) is 12.6. The van der Waals surface area contributed by atoms with Gasteiger partial charge < -0.3 is 28.7 Å². The second-order valence-electron chi connectivity index (χ2n) is 3.37. The van der Waals surface area contributed by atoms with Crippen molar-refractivity contribution in [2.24, 2.45) is 28.7 Å². The summed E-state index contributed by atoms with van der Waals surface area (Å²) in [7, 11) is 4.95. The molecule has 0 bridgehead atoms. The molecule has 0 fully saturated rings. The van der Waals surface area contributed by atoms with Crippen LogP contribution in [0.2, 0.25) is 0 Å². The lowest BCUT2D eigenvalue weighted by molar-refractivity contribution is 1.11. The van der Waals surface area contributed by atoms with Crippen LogP contribution in [0.25, 0.3) is 0 Å². The summed E-state index contributed by atoms with van der Waals surface area (Å²) in [4.78, 5) is 0. The monoisotopic (exact) mass is 630 g/mol. The first-order valence-corrected chi connectivity index (χ1v) is 16.9. The molecule has 0 amide bonds. The molecule has 0 aromatic carbocycles. The SMILES string of the molecule is [2H]C(N)C([2H])([2H])SSC([2H])([2H])C([2H])([2H])C.[2H]C([2H])(C)C([2H])([2H])SSC([2H])([2H])C([2H])([2H])N.[2H]C([2H])(CN)SSC([2H])([2H])C([2H])([2H])C.[2H]C([2H])(N)CSSCC([2H])([2H])N. The van der Waals surface area contributed by atoms with Crippen LogP contribution in [-0.4, -0.2) is 78.3 Å². The zero-order valence-corrected chi connectivity index (χ0v) is 24.4. The molecule has 5 nitrogen and oxygen atoms in total. The van der Waals surface area contributed by atoms with Crippen molar-refractivity contribution in [2.75, 3.05) is 78.3 Å². The average molecular weight is 631 g/mol. The minimum Gasteiger partial charge on any atom is -0.330 e. The lowest BCUT2D eigenvalue weighted by Crippen LogP contribution is -2.02. The highest BCUT2D eigenvalue weighted by Crippen LogP contribution is 2.21. The molecule has 200 valence electrons. The van der Waals surface area contributed by atoms with Gasteiger partial charge in [0.25, 0.3) is 0 Å². The summed E-state index contributed by atoms with van der Waals surface area (Å²) in [5, 5.41) is 0. The molecule has 0 saturated heterocycles. The molecule has 0 heterocycles. The Kier molecular flexibility index (Phi) is 19.9. The van der Waals surface area contributed by atoms with Crippen molar-refractivity contribution >= 4 is 86.4 Å². The number of nitrogens with two attached hydrogens (primary N) is 5. The fourth-order valence-corrected chi connectivity index (χ4v) is 4.49. The Morgan fingerprint density at radius 1 is 0.469 bits per heavy atom. The van der Waals surface area contributed by atoms with Crippen LogP contribution in [0.15, 0.2) is 0 Å². The van der Waals surface area contributed by atoms with E-state index in [1.165, 1.54) is 21.6 Å². The van der Waals surface area contributed by atoms with E-state index in [0.29, 0.717) is 54.0 Å². The van der Waals surface area contributed by atoms with Crippen LogP contribution < -0.4 is 28.7 Å². The zero-order chi connectivity index (χ0) is 47.4. The Labute approximate surface area is 267 Å². The van der Waals surface area contributed by atoms with E-state index in [1.807, 2.05) is 0 Å².